The van der Waals surface area contributed by atoms with E-state index in [0.717, 1.165) is 31.6 Å². The van der Waals surface area contributed by atoms with Crippen molar-refractivity contribution in [3.05, 3.63) is 17.3 Å². The zero-order chi connectivity index (χ0) is 19.7. The molecule has 1 amide bonds. The molecular formula is C21H30ClN3O3. The summed E-state index contributed by atoms with van der Waals surface area (Å²) in [5.41, 5.74) is 1.61. The Hall–Kier alpha value is -1.53. The summed E-state index contributed by atoms with van der Waals surface area (Å²) < 4.78 is 11.8. The number of hydrogen-bond donors (Lipinski definition) is 1. The van der Waals surface area contributed by atoms with Gasteiger partial charge in [0.1, 0.15) is 5.02 Å². The molecule has 1 atom stereocenters. The van der Waals surface area contributed by atoms with Crippen LogP contribution in [-0.4, -0.2) is 49.3 Å². The molecule has 154 valence electrons. The Kier molecular flexibility index (Phi) is 5.70. The van der Waals surface area contributed by atoms with Crippen molar-refractivity contribution in [2.75, 3.05) is 31.2 Å². The number of hydrogen-bond acceptors (Lipinski definition) is 5. The number of pyridine rings is 1. The summed E-state index contributed by atoms with van der Waals surface area (Å²) in [5, 5.41) is 3.46. The van der Waals surface area contributed by atoms with Crippen LogP contribution in [0.4, 0.5) is 5.69 Å². The summed E-state index contributed by atoms with van der Waals surface area (Å²) in [6.45, 7) is 6.84. The number of ether oxygens (including phenoxy) is 2. The quantitative estimate of drug-likeness (QED) is 0.715. The number of halogens is 1. The van der Waals surface area contributed by atoms with Crippen molar-refractivity contribution in [2.45, 2.75) is 58.1 Å². The topological polar surface area (TPSA) is 63.7 Å². The van der Waals surface area contributed by atoms with Gasteiger partial charge in [0.15, 0.2) is 0 Å². The molecule has 1 aliphatic heterocycles. The molecule has 4 rings (SSSR count). The van der Waals surface area contributed by atoms with E-state index >= 15 is 0 Å². The molecule has 1 N–H and O–H groups in total. The third-order valence-electron chi connectivity index (χ3n) is 6.32. The second kappa shape index (κ2) is 8.07. The van der Waals surface area contributed by atoms with Crippen LogP contribution in [0.25, 0.3) is 0 Å². The van der Waals surface area contributed by atoms with Gasteiger partial charge in [-0.2, -0.15) is 0 Å². The summed E-state index contributed by atoms with van der Waals surface area (Å²) >= 11 is 6.58. The third-order valence-corrected chi connectivity index (χ3v) is 6.68. The lowest BCUT2D eigenvalue weighted by Gasteiger charge is -2.57. The number of amides is 1. The fourth-order valence-electron chi connectivity index (χ4n) is 4.50. The predicted octanol–water partition coefficient (Wildman–Crippen LogP) is 3.42. The molecule has 3 aliphatic rings. The molecule has 6 nitrogen and oxygen atoms in total. The maximum absolute atomic E-state index is 11.0. The molecule has 7 heteroatoms. The molecule has 1 spiro atoms. The molecule has 2 saturated carbocycles. The SMILES string of the molecule is CC(=O)N[C@@H](C)COC1CC(COc2nccc(N3CC4(CCC4)C3)c2Cl)C1. The molecule has 3 fully saturated rings. The van der Waals surface area contributed by atoms with E-state index < -0.39 is 0 Å². The second-order valence-electron chi connectivity index (χ2n) is 8.86. The van der Waals surface area contributed by atoms with Crippen molar-refractivity contribution < 1.29 is 14.3 Å². The van der Waals surface area contributed by atoms with Crippen LogP contribution in [0.2, 0.25) is 5.02 Å². The molecule has 0 radical (unpaired) electrons. The highest BCUT2D eigenvalue weighted by atomic mass is 35.5. The Bertz CT molecular complexity index is 711. The molecular weight excluding hydrogens is 378 g/mol. The third kappa shape index (κ3) is 4.23. The number of aromatic nitrogens is 1. The molecule has 28 heavy (non-hydrogen) atoms. The smallest absolute Gasteiger partial charge is 0.234 e. The maximum atomic E-state index is 11.0. The van der Waals surface area contributed by atoms with Gasteiger partial charge in [-0.3, -0.25) is 4.79 Å². The van der Waals surface area contributed by atoms with Crippen molar-refractivity contribution in [2.24, 2.45) is 11.3 Å². The van der Waals surface area contributed by atoms with Gasteiger partial charge in [0, 0.05) is 37.7 Å². The number of nitrogens with zero attached hydrogens (tertiary/aromatic N) is 2. The summed E-state index contributed by atoms with van der Waals surface area (Å²) in [4.78, 5) is 17.7. The van der Waals surface area contributed by atoms with Gasteiger partial charge in [-0.25, -0.2) is 4.98 Å². The Morgan fingerprint density at radius 1 is 1.43 bits per heavy atom. The summed E-state index contributed by atoms with van der Waals surface area (Å²) in [7, 11) is 0. The largest absolute Gasteiger partial charge is 0.476 e. The lowest BCUT2D eigenvalue weighted by atomic mass is 9.63. The molecule has 1 aromatic heterocycles. The molecule has 0 unspecified atom stereocenters. The van der Waals surface area contributed by atoms with Gasteiger partial charge in [-0.05, 0) is 44.6 Å². The van der Waals surface area contributed by atoms with Crippen molar-refractivity contribution in [1.82, 2.24) is 10.3 Å². The first-order chi connectivity index (χ1) is 13.4. The Morgan fingerprint density at radius 3 is 2.82 bits per heavy atom. The lowest BCUT2D eigenvalue weighted by Crippen LogP contribution is -2.59. The van der Waals surface area contributed by atoms with Crippen molar-refractivity contribution in [3.8, 4) is 5.88 Å². The predicted molar refractivity (Wildman–Crippen MR) is 109 cm³/mol. The average Bonchev–Trinajstić information content (AvgIpc) is 2.52. The molecule has 2 heterocycles. The minimum atomic E-state index is -0.0244. The van der Waals surface area contributed by atoms with Gasteiger partial charge in [0.05, 0.1) is 25.0 Å². The minimum absolute atomic E-state index is 0.0244. The number of anilines is 1. The first-order valence-electron chi connectivity index (χ1n) is 10.3. The van der Waals surface area contributed by atoms with E-state index in [0.29, 0.717) is 35.4 Å². The first kappa shape index (κ1) is 19.8. The van der Waals surface area contributed by atoms with Gasteiger partial charge in [-0.15, -0.1) is 0 Å². The van der Waals surface area contributed by atoms with Crippen molar-refractivity contribution in [3.63, 3.8) is 0 Å². The van der Waals surface area contributed by atoms with E-state index in [1.807, 2.05) is 13.0 Å². The van der Waals surface area contributed by atoms with Gasteiger partial charge < -0.3 is 19.7 Å². The van der Waals surface area contributed by atoms with E-state index in [1.165, 1.54) is 26.2 Å². The van der Waals surface area contributed by atoms with Crippen LogP contribution in [0.15, 0.2) is 12.3 Å². The summed E-state index contributed by atoms with van der Waals surface area (Å²) in [6, 6.07) is 2.03. The lowest BCUT2D eigenvalue weighted by molar-refractivity contribution is -0.120. The number of carbonyl (C=O) groups excluding carboxylic acids is 1. The molecule has 2 aliphatic carbocycles. The van der Waals surface area contributed by atoms with Crippen LogP contribution in [0.1, 0.15) is 46.0 Å². The van der Waals surface area contributed by atoms with E-state index in [1.54, 1.807) is 6.20 Å². The van der Waals surface area contributed by atoms with Crippen LogP contribution in [0.5, 0.6) is 5.88 Å². The van der Waals surface area contributed by atoms with Crippen molar-refractivity contribution >= 4 is 23.2 Å². The highest BCUT2D eigenvalue weighted by Gasteiger charge is 2.47. The van der Waals surface area contributed by atoms with E-state index in [2.05, 4.69) is 15.2 Å². The summed E-state index contributed by atoms with van der Waals surface area (Å²) in [6.07, 6.45) is 8.05. The second-order valence-corrected chi connectivity index (χ2v) is 9.24. The van der Waals surface area contributed by atoms with Gasteiger partial charge in [0.2, 0.25) is 11.8 Å². The summed E-state index contributed by atoms with van der Waals surface area (Å²) in [5.74, 6) is 0.978. The molecule has 1 saturated heterocycles. The van der Waals surface area contributed by atoms with Crippen LogP contribution in [0, 0.1) is 11.3 Å². The fourth-order valence-corrected chi connectivity index (χ4v) is 4.79. The molecule has 0 bridgehead atoms. The zero-order valence-corrected chi connectivity index (χ0v) is 17.5. The van der Waals surface area contributed by atoms with Crippen LogP contribution < -0.4 is 15.0 Å². The molecule has 0 aromatic carbocycles. The normalized spacial score (nSPS) is 26.0. The fraction of sp³-hybridized carbons (Fsp3) is 0.714. The van der Waals surface area contributed by atoms with Gasteiger partial charge in [-0.1, -0.05) is 18.0 Å². The highest BCUT2D eigenvalue weighted by molar-refractivity contribution is 6.34. The van der Waals surface area contributed by atoms with Gasteiger partial charge in [0.25, 0.3) is 0 Å². The van der Waals surface area contributed by atoms with E-state index in [4.69, 9.17) is 21.1 Å². The number of nitrogens with one attached hydrogen (secondary N) is 1. The average molecular weight is 408 g/mol. The number of rotatable bonds is 8. The van der Waals surface area contributed by atoms with Crippen LogP contribution >= 0.6 is 11.6 Å². The van der Waals surface area contributed by atoms with E-state index in [-0.39, 0.29) is 18.1 Å². The maximum Gasteiger partial charge on any atom is 0.234 e. The van der Waals surface area contributed by atoms with E-state index in [9.17, 15) is 4.79 Å². The van der Waals surface area contributed by atoms with Crippen LogP contribution in [-0.2, 0) is 9.53 Å². The number of carbonyl (C=O) groups is 1. The Labute approximate surface area is 171 Å². The highest BCUT2D eigenvalue weighted by Crippen LogP contribution is 2.51. The Balaban J connectivity index is 1.19. The van der Waals surface area contributed by atoms with Gasteiger partial charge >= 0.3 is 0 Å². The zero-order valence-electron chi connectivity index (χ0n) is 16.7. The molecule has 1 aromatic rings. The monoisotopic (exact) mass is 407 g/mol. The first-order valence-corrected chi connectivity index (χ1v) is 10.7. The van der Waals surface area contributed by atoms with Crippen molar-refractivity contribution in [1.29, 1.82) is 0 Å². The minimum Gasteiger partial charge on any atom is -0.476 e. The Morgan fingerprint density at radius 2 is 2.18 bits per heavy atom. The van der Waals surface area contributed by atoms with Crippen LogP contribution in [0.3, 0.4) is 0 Å². The standard InChI is InChI=1S/C21H30ClN3O3/c1-14(24-15(2)26)10-27-17-8-16(9-17)11-28-20-19(22)18(4-7-23-20)25-12-21(13-25)5-3-6-21/h4,7,14,16-17H,3,5-6,8-13H2,1-2H3,(H,24,26)/t14-,16?,17?/m0/s1.